The van der Waals surface area contributed by atoms with Crippen LogP contribution in [0.3, 0.4) is 0 Å². The molecule has 0 saturated carbocycles. The predicted molar refractivity (Wildman–Crippen MR) is 59.6 cm³/mol. The minimum absolute atomic E-state index is 0.105. The second-order valence-electron chi connectivity index (χ2n) is 3.08. The summed E-state index contributed by atoms with van der Waals surface area (Å²) in [7, 11) is 3.23. The molecule has 0 aromatic heterocycles. The summed E-state index contributed by atoms with van der Waals surface area (Å²) in [6, 6.07) is 4.23. The highest BCUT2D eigenvalue weighted by atomic mass is 35.5. The lowest BCUT2D eigenvalue weighted by molar-refractivity contribution is 0.230. The molecule has 80 valence electrons. The van der Waals surface area contributed by atoms with Gasteiger partial charge in [0.05, 0.1) is 5.02 Å². The molecular formula is C9H10ClN3O2. The SMILES string of the molecule is CN(C)C(=O)Nc1ccc(Cl)c(N=O)c1. The minimum Gasteiger partial charge on any atom is -0.331 e. The first kappa shape index (κ1) is 11.5. The normalized spacial score (nSPS) is 9.53. The van der Waals surface area contributed by atoms with E-state index in [9.17, 15) is 9.70 Å². The lowest BCUT2D eigenvalue weighted by Gasteiger charge is -2.12. The van der Waals surface area contributed by atoms with Gasteiger partial charge in [-0.2, -0.15) is 0 Å². The number of carbonyl (C=O) groups is 1. The molecule has 0 aliphatic rings. The molecule has 0 aliphatic carbocycles. The molecule has 0 bridgehead atoms. The van der Waals surface area contributed by atoms with Crippen LogP contribution in [0.1, 0.15) is 0 Å². The summed E-state index contributed by atoms with van der Waals surface area (Å²) < 4.78 is 0. The molecule has 1 aromatic carbocycles. The topological polar surface area (TPSA) is 61.8 Å². The molecule has 0 heterocycles. The van der Waals surface area contributed by atoms with E-state index in [1.165, 1.54) is 17.0 Å². The van der Waals surface area contributed by atoms with Crippen molar-refractivity contribution in [2.24, 2.45) is 5.18 Å². The Balaban J connectivity index is 2.87. The van der Waals surface area contributed by atoms with Gasteiger partial charge in [-0.3, -0.25) is 0 Å². The van der Waals surface area contributed by atoms with E-state index in [0.29, 0.717) is 5.69 Å². The number of rotatable bonds is 2. The number of amides is 2. The summed E-state index contributed by atoms with van der Waals surface area (Å²) >= 11 is 5.68. The lowest BCUT2D eigenvalue weighted by atomic mass is 10.3. The van der Waals surface area contributed by atoms with Gasteiger partial charge in [0.1, 0.15) is 5.69 Å². The van der Waals surface area contributed by atoms with E-state index in [2.05, 4.69) is 10.5 Å². The maximum atomic E-state index is 11.3. The van der Waals surface area contributed by atoms with Crippen molar-refractivity contribution in [1.29, 1.82) is 0 Å². The fraction of sp³-hybridized carbons (Fsp3) is 0.222. The standard InChI is InChI=1S/C9H10ClN3O2/c1-13(2)9(14)11-6-3-4-7(10)8(5-6)12-15/h3-5H,1-2H3,(H,11,14). The number of anilines is 1. The molecule has 1 rings (SSSR count). The molecule has 5 nitrogen and oxygen atoms in total. The van der Waals surface area contributed by atoms with Crippen molar-refractivity contribution in [2.45, 2.75) is 0 Å². The van der Waals surface area contributed by atoms with Gasteiger partial charge in [-0.1, -0.05) is 11.6 Å². The van der Waals surface area contributed by atoms with Crippen molar-refractivity contribution in [2.75, 3.05) is 19.4 Å². The molecule has 0 fully saturated rings. The first-order chi connectivity index (χ1) is 7.04. The van der Waals surface area contributed by atoms with Crippen LogP contribution >= 0.6 is 11.6 Å². The van der Waals surface area contributed by atoms with Gasteiger partial charge in [0, 0.05) is 19.8 Å². The zero-order valence-corrected chi connectivity index (χ0v) is 9.08. The summed E-state index contributed by atoms with van der Waals surface area (Å²) in [6.07, 6.45) is 0. The zero-order chi connectivity index (χ0) is 11.4. The number of hydrogen-bond acceptors (Lipinski definition) is 3. The van der Waals surface area contributed by atoms with Gasteiger partial charge in [-0.25, -0.2) is 4.79 Å². The summed E-state index contributed by atoms with van der Waals surface area (Å²) in [6.45, 7) is 0. The Hall–Kier alpha value is -1.62. The van der Waals surface area contributed by atoms with Crippen LogP contribution in [0.4, 0.5) is 16.2 Å². The summed E-state index contributed by atoms with van der Waals surface area (Å²) in [4.78, 5) is 23.0. The quantitative estimate of drug-likeness (QED) is 0.790. The number of nitrogens with one attached hydrogen (secondary N) is 1. The van der Waals surface area contributed by atoms with Crippen LogP contribution in [0, 0.1) is 4.91 Å². The van der Waals surface area contributed by atoms with Gasteiger partial charge in [-0.05, 0) is 23.4 Å². The number of hydrogen-bond donors (Lipinski definition) is 1. The highest BCUT2D eigenvalue weighted by Gasteiger charge is 2.06. The molecule has 0 spiro atoms. The number of urea groups is 1. The third kappa shape index (κ3) is 2.92. The van der Waals surface area contributed by atoms with Gasteiger partial charge in [0.2, 0.25) is 0 Å². The van der Waals surface area contributed by atoms with Gasteiger partial charge in [0.15, 0.2) is 0 Å². The van der Waals surface area contributed by atoms with Crippen molar-refractivity contribution < 1.29 is 4.79 Å². The highest BCUT2D eigenvalue weighted by Crippen LogP contribution is 2.27. The van der Waals surface area contributed by atoms with Crippen LogP contribution in [0.25, 0.3) is 0 Å². The van der Waals surface area contributed by atoms with E-state index >= 15 is 0 Å². The largest absolute Gasteiger partial charge is 0.331 e. The molecule has 0 atom stereocenters. The fourth-order valence-electron chi connectivity index (χ4n) is 0.896. The molecule has 0 saturated heterocycles. The van der Waals surface area contributed by atoms with Gasteiger partial charge >= 0.3 is 6.03 Å². The maximum absolute atomic E-state index is 11.3. The number of carbonyl (C=O) groups excluding carboxylic acids is 1. The maximum Gasteiger partial charge on any atom is 0.321 e. The average Bonchev–Trinajstić information content (AvgIpc) is 2.20. The molecule has 0 unspecified atom stereocenters. The van der Waals surface area contributed by atoms with Crippen LogP contribution < -0.4 is 5.32 Å². The van der Waals surface area contributed by atoms with E-state index in [1.54, 1.807) is 20.2 Å². The molecule has 1 aromatic rings. The lowest BCUT2D eigenvalue weighted by Crippen LogP contribution is -2.27. The predicted octanol–water partition coefficient (Wildman–Crippen LogP) is 2.83. The Bertz CT molecular complexity index is 393. The van der Waals surface area contributed by atoms with E-state index in [0.717, 1.165) is 0 Å². The zero-order valence-electron chi connectivity index (χ0n) is 8.32. The smallest absolute Gasteiger partial charge is 0.321 e. The Morgan fingerprint density at radius 1 is 1.47 bits per heavy atom. The van der Waals surface area contributed by atoms with Gasteiger partial charge < -0.3 is 10.2 Å². The number of halogens is 1. The summed E-state index contributed by atoms with van der Waals surface area (Å²) in [5.41, 5.74) is 0.584. The Morgan fingerprint density at radius 2 is 2.13 bits per heavy atom. The third-order valence-corrected chi connectivity index (χ3v) is 2.02. The highest BCUT2D eigenvalue weighted by molar-refractivity contribution is 6.33. The van der Waals surface area contributed by atoms with Crippen LogP contribution in [-0.4, -0.2) is 25.0 Å². The number of nitrogens with zero attached hydrogens (tertiary/aromatic N) is 2. The van der Waals surface area contributed by atoms with Crippen molar-refractivity contribution >= 4 is 29.0 Å². The molecule has 2 amide bonds. The molecule has 1 N–H and O–H groups in total. The number of nitroso groups, excluding NO2 is 1. The first-order valence-electron chi connectivity index (χ1n) is 4.16. The van der Waals surface area contributed by atoms with Crippen LogP contribution in [0.15, 0.2) is 23.4 Å². The van der Waals surface area contributed by atoms with Gasteiger partial charge in [0.25, 0.3) is 0 Å². The average molecular weight is 228 g/mol. The van der Waals surface area contributed by atoms with E-state index in [1.807, 2.05) is 0 Å². The van der Waals surface area contributed by atoms with Crippen LogP contribution in [-0.2, 0) is 0 Å². The van der Waals surface area contributed by atoms with E-state index < -0.39 is 0 Å². The van der Waals surface area contributed by atoms with Crippen molar-refractivity contribution in [3.8, 4) is 0 Å². The second-order valence-corrected chi connectivity index (χ2v) is 3.49. The minimum atomic E-state index is -0.283. The van der Waals surface area contributed by atoms with Crippen LogP contribution in [0.2, 0.25) is 5.02 Å². The molecule has 0 aliphatic heterocycles. The van der Waals surface area contributed by atoms with Gasteiger partial charge in [-0.15, -0.1) is 4.91 Å². The van der Waals surface area contributed by atoms with E-state index in [4.69, 9.17) is 11.6 Å². The summed E-state index contributed by atoms with van der Waals surface area (Å²) in [5, 5.41) is 5.57. The third-order valence-electron chi connectivity index (χ3n) is 1.70. The number of benzene rings is 1. The monoisotopic (exact) mass is 227 g/mol. The Labute approximate surface area is 92.0 Å². The fourth-order valence-corrected chi connectivity index (χ4v) is 1.05. The molecule has 0 radical (unpaired) electrons. The summed E-state index contributed by atoms with van der Waals surface area (Å²) in [5.74, 6) is 0. The molecular weight excluding hydrogens is 218 g/mol. The molecule has 6 heteroatoms. The Kier molecular flexibility index (Phi) is 3.62. The van der Waals surface area contributed by atoms with E-state index in [-0.39, 0.29) is 16.7 Å². The first-order valence-corrected chi connectivity index (χ1v) is 4.53. The molecule has 15 heavy (non-hydrogen) atoms. The van der Waals surface area contributed by atoms with Crippen molar-refractivity contribution in [3.05, 3.63) is 28.1 Å². The Morgan fingerprint density at radius 3 is 2.67 bits per heavy atom. The van der Waals surface area contributed by atoms with Crippen LogP contribution in [0.5, 0.6) is 0 Å². The second kappa shape index (κ2) is 4.75. The van der Waals surface area contributed by atoms with Crippen molar-refractivity contribution in [1.82, 2.24) is 4.90 Å². The van der Waals surface area contributed by atoms with Crippen molar-refractivity contribution in [3.63, 3.8) is 0 Å².